The van der Waals surface area contributed by atoms with E-state index in [-0.39, 0.29) is 47.0 Å². The first-order valence-corrected chi connectivity index (χ1v) is 12.6. The normalized spacial score (nSPS) is 11.3. The minimum atomic E-state index is -1.40. The van der Waals surface area contributed by atoms with Gasteiger partial charge in [0.15, 0.2) is 17.5 Å². The largest absolute Gasteiger partial charge is 0.355 e. The van der Waals surface area contributed by atoms with Crippen LogP contribution in [0.3, 0.4) is 0 Å². The van der Waals surface area contributed by atoms with Crippen LogP contribution in [0.25, 0.3) is 10.9 Å². The van der Waals surface area contributed by atoms with Gasteiger partial charge in [0.1, 0.15) is 18.7 Å². The number of amides is 1. The van der Waals surface area contributed by atoms with E-state index >= 15 is 0 Å². The molecule has 0 unspecified atom stereocenters. The number of carbonyl (C=O) groups excluding carboxylic acids is 1. The van der Waals surface area contributed by atoms with Gasteiger partial charge in [0.2, 0.25) is 11.9 Å². The van der Waals surface area contributed by atoms with E-state index in [2.05, 4.69) is 25.5 Å². The Morgan fingerprint density at radius 3 is 2.43 bits per heavy atom. The molecule has 0 aliphatic rings. The van der Waals surface area contributed by atoms with Gasteiger partial charge in [0, 0.05) is 44.4 Å². The minimum absolute atomic E-state index is 0.0215. The van der Waals surface area contributed by atoms with Gasteiger partial charge in [-0.1, -0.05) is 11.6 Å². The summed E-state index contributed by atoms with van der Waals surface area (Å²) >= 11 is 6.46. The predicted molar refractivity (Wildman–Crippen MR) is 145 cm³/mol. The number of carbonyl (C=O) groups is 1. The third-order valence-corrected chi connectivity index (χ3v) is 6.51. The zero-order valence-corrected chi connectivity index (χ0v) is 23.1. The average Bonchev–Trinajstić information content (AvgIpc) is 3.51. The molecule has 5 rings (SSSR count). The number of hydrogen-bond donors (Lipinski definition) is 1. The highest BCUT2D eigenvalue weighted by molar-refractivity contribution is 6.34. The molecule has 0 saturated carbocycles. The number of nitrogens with zero attached hydrogens (tertiary/aromatic N) is 9. The number of likely N-dealkylation sites (N-methyl/N-ethyl adjacent to an activating group) is 1. The quantitative estimate of drug-likeness (QED) is 0.266. The second kappa shape index (κ2) is 11.1. The number of halogens is 4. The van der Waals surface area contributed by atoms with Crippen LogP contribution in [0.2, 0.25) is 5.02 Å². The molecule has 0 saturated heterocycles. The summed E-state index contributed by atoms with van der Waals surface area (Å²) in [6.07, 6.45) is 2.98. The maximum absolute atomic E-state index is 14.6. The van der Waals surface area contributed by atoms with Crippen molar-refractivity contribution in [3.05, 3.63) is 91.6 Å². The van der Waals surface area contributed by atoms with Crippen LogP contribution in [0.5, 0.6) is 0 Å². The standard InChI is InChI=1S/C25H22ClF3N10O3/c1-35(2)22(40)11-37-8-14-5-20(15(26)6-19(14)33-37)31-23-32-24(41)39(10-21-30-12-36(3)34-21)25(42)38(23)9-13-4-17(28)18(29)7-16(13)27/h4-8,12H,9-11H2,1-3H3,(H,31,32,41). The molecule has 5 aromatic rings. The van der Waals surface area contributed by atoms with E-state index in [1.807, 2.05) is 0 Å². The van der Waals surface area contributed by atoms with Crippen LogP contribution in [-0.2, 0) is 31.5 Å². The summed E-state index contributed by atoms with van der Waals surface area (Å²) in [7, 11) is 4.83. The van der Waals surface area contributed by atoms with E-state index in [1.165, 1.54) is 26.7 Å². The molecular formula is C25H22ClF3N10O3. The molecule has 0 spiro atoms. The van der Waals surface area contributed by atoms with Gasteiger partial charge >= 0.3 is 11.4 Å². The lowest BCUT2D eigenvalue weighted by Gasteiger charge is -2.16. The van der Waals surface area contributed by atoms with Crippen LogP contribution in [0.15, 0.2) is 46.4 Å². The Bertz CT molecular complexity index is 1960. The highest BCUT2D eigenvalue weighted by atomic mass is 35.5. The lowest BCUT2D eigenvalue weighted by molar-refractivity contribution is -0.129. The van der Waals surface area contributed by atoms with E-state index in [0.717, 1.165) is 9.13 Å². The molecule has 42 heavy (non-hydrogen) atoms. The first kappa shape index (κ1) is 28.5. The molecule has 0 atom stereocenters. The lowest BCUT2D eigenvalue weighted by Crippen LogP contribution is -2.43. The topological polar surface area (TPSA) is 138 Å². The number of benzene rings is 2. The number of nitrogens with one attached hydrogen (secondary N) is 1. The molecule has 1 N–H and O–H groups in total. The van der Waals surface area contributed by atoms with Crippen molar-refractivity contribution in [1.29, 1.82) is 0 Å². The molecule has 0 bridgehead atoms. The van der Waals surface area contributed by atoms with Crippen molar-refractivity contribution in [3.63, 3.8) is 0 Å². The number of fused-ring (bicyclic) bond motifs is 1. The number of hydrogen-bond acceptors (Lipinski definition) is 8. The lowest BCUT2D eigenvalue weighted by atomic mass is 10.2. The van der Waals surface area contributed by atoms with Crippen LogP contribution < -0.4 is 16.7 Å². The monoisotopic (exact) mass is 602 g/mol. The Labute approximate surface area is 239 Å². The van der Waals surface area contributed by atoms with E-state index in [1.54, 1.807) is 33.4 Å². The van der Waals surface area contributed by atoms with E-state index in [4.69, 9.17) is 11.6 Å². The second-order valence-corrected chi connectivity index (χ2v) is 9.90. The molecule has 0 aliphatic carbocycles. The van der Waals surface area contributed by atoms with Crippen LogP contribution in [-0.4, -0.2) is 63.6 Å². The van der Waals surface area contributed by atoms with Gasteiger partial charge in [-0.2, -0.15) is 15.2 Å². The molecule has 3 aromatic heterocycles. The predicted octanol–water partition coefficient (Wildman–Crippen LogP) is 1.88. The fraction of sp³-hybridized carbons (Fsp3) is 0.240. The summed E-state index contributed by atoms with van der Waals surface area (Å²) in [5.74, 6) is -4.26. The maximum Gasteiger partial charge on any atom is 0.355 e. The maximum atomic E-state index is 14.6. The Hall–Kier alpha value is -4.99. The summed E-state index contributed by atoms with van der Waals surface area (Å²) in [5.41, 5.74) is -1.66. The molecule has 3 heterocycles. The first-order chi connectivity index (χ1) is 19.9. The van der Waals surface area contributed by atoms with Crippen molar-refractivity contribution in [2.24, 2.45) is 7.05 Å². The van der Waals surface area contributed by atoms with E-state index in [9.17, 15) is 27.6 Å². The number of aromatic nitrogens is 8. The van der Waals surface area contributed by atoms with Gasteiger partial charge in [-0.05, 0) is 18.2 Å². The Morgan fingerprint density at radius 2 is 1.74 bits per heavy atom. The van der Waals surface area contributed by atoms with Gasteiger partial charge in [-0.25, -0.2) is 32.3 Å². The summed E-state index contributed by atoms with van der Waals surface area (Å²) in [4.78, 5) is 48.0. The van der Waals surface area contributed by atoms with Crippen molar-refractivity contribution in [1.82, 2.24) is 43.6 Å². The Morgan fingerprint density at radius 1 is 1.00 bits per heavy atom. The fourth-order valence-corrected chi connectivity index (χ4v) is 4.24. The number of anilines is 2. The molecule has 0 fully saturated rings. The molecule has 13 nitrogen and oxygen atoms in total. The molecule has 0 radical (unpaired) electrons. The third-order valence-electron chi connectivity index (χ3n) is 6.20. The van der Waals surface area contributed by atoms with E-state index in [0.29, 0.717) is 23.0 Å². The van der Waals surface area contributed by atoms with Crippen LogP contribution in [0.1, 0.15) is 11.4 Å². The minimum Gasteiger partial charge on any atom is -0.347 e. The van der Waals surface area contributed by atoms with Gasteiger partial charge in [-0.3, -0.25) is 18.7 Å². The second-order valence-electron chi connectivity index (χ2n) is 9.50. The number of aryl methyl sites for hydroxylation is 1. The highest BCUT2D eigenvalue weighted by Gasteiger charge is 2.20. The fourth-order valence-electron chi connectivity index (χ4n) is 4.03. The summed E-state index contributed by atoms with van der Waals surface area (Å²) < 4.78 is 46.6. The molecule has 218 valence electrons. The van der Waals surface area contributed by atoms with Crippen LogP contribution in [0, 0.1) is 17.5 Å². The van der Waals surface area contributed by atoms with Crippen LogP contribution in [0.4, 0.5) is 24.8 Å². The average molecular weight is 603 g/mol. The molecule has 0 aliphatic heterocycles. The summed E-state index contributed by atoms with van der Waals surface area (Å²) in [5, 5.41) is 11.9. The Kier molecular flexibility index (Phi) is 7.55. The molecule has 17 heteroatoms. The van der Waals surface area contributed by atoms with Gasteiger partial charge in [0.25, 0.3) is 0 Å². The zero-order valence-electron chi connectivity index (χ0n) is 22.3. The van der Waals surface area contributed by atoms with Gasteiger partial charge in [-0.15, -0.1) is 0 Å². The van der Waals surface area contributed by atoms with Crippen molar-refractivity contribution in [2.75, 3.05) is 19.4 Å². The zero-order chi connectivity index (χ0) is 30.3. The van der Waals surface area contributed by atoms with Crippen LogP contribution >= 0.6 is 11.6 Å². The van der Waals surface area contributed by atoms with Gasteiger partial charge < -0.3 is 10.2 Å². The SMILES string of the molecule is CN(C)C(=O)Cn1cc2cc(Nc3nc(=O)n(Cc4ncn(C)n4)c(=O)n3Cc3cc(F)c(F)cc3F)c(Cl)cc2n1. The third kappa shape index (κ3) is 5.74. The highest BCUT2D eigenvalue weighted by Crippen LogP contribution is 2.29. The smallest absolute Gasteiger partial charge is 0.347 e. The molecule has 1 amide bonds. The van der Waals surface area contributed by atoms with Crippen molar-refractivity contribution >= 4 is 40.0 Å². The van der Waals surface area contributed by atoms with E-state index < -0.39 is 35.4 Å². The van der Waals surface area contributed by atoms with Crippen molar-refractivity contribution < 1.29 is 18.0 Å². The van der Waals surface area contributed by atoms with Gasteiger partial charge in [0.05, 0.1) is 29.3 Å². The Balaban J connectivity index is 1.58. The molecule has 2 aromatic carbocycles. The summed E-state index contributed by atoms with van der Waals surface area (Å²) in [6.45, 7) is -1.01. The van der Waals surface area contributed by atoms with Crippen molar-refractivity contribution in [2.45, 2.75) is 19.6 Å². The van der Waals surface area contributed by atoms with Crippen molar-refractivity contribution in [3.8, 4) is 0 Å². The first-order valence-electron chi connectivity index (χ1n) is 12.2. The molecular weight excluding hydrogens is 581 g/mol. The summed E-state index contributed by atoms with van der Waals surface area (Å²) in [6, 6.07) is 4.02. The number of rotatable bonds is 8.